The molecule has 16 heavy (non-hydrogen) atoms. The van der Waals surface area contributed by atoms with Gasteiger partial charge >= 0.3 is 0 Å². The van der Waals surface area contributed by atoms with E-state index < -0.39 is 23.1 Å². The third-order valence-corrected chi connectivity index (χ3v) is 3.56. The maximum Gasteiger partial charge on any atom is 0.239 e. The van der Waals surface area contributed by atoms with E-state index in [1.807, 2.05) is 0 Å². The van der Waals surface area contributed by atoms with Crippen molar-refractivity contribution in [2.24, 2.45) is 17.3 Å². The number of nitrogens with one attached hydrogen (secondary N) is 2. The molecule has 5 heteroatoms. The Bertz CT molecular complexity index is 356. The minimum atomic E-state index is -1.08. The topological polar surface area (TPSA) is 75.3 Å². The molecule has 0 spiro atoms. The first-order chi connectivity index (χ1) is 7.44. The van der Waals surface area contributed by atoms with Crippen LogP contribution in [0.5, 0.6) is 0 Å². The summed E-state index contributed by atoms with van der Waals surface area (Å²) < 4.78 is 0. The smallest absolute Gasteiger partial charge is 0.239 e. The molecule has 0 saturated carbocycles. The van der Waals surface area contributed by atoms with Crippen molar-refractivity contribution in [1.82, 2.24) is 10.6 Å². The second-order valence-electron chi connectivity index (χ2n) is 5.04. The lowest BCUT2D eigenvalue weighted by Gasteiger charge is -2.34. The minimum absolute atomic E-state index is 0.0277. The number of carbonyl (C=O) groups excluding carboxylic acids is 3. The summed E-state index contributed by atoms with van der Waals surface area (Å²) in [7, 11) is 0. The van der Waals surface area contributed by atoms with Gasteiger partial charge in [-0.3, -0.25) is 19.7 Å². The van der Waals surface area contributed by atoms with Gasteiger partial charge in [-0.15, -0.1) is 0 Å². The van der Waals surface area contributed by atoms with Crippen molar-refractivity contribution in [1.29, 1.82) is 0 Å². The van der Waals surface area contributed by atoms with E-state index in [2.05, 4.69) is 10.6 Å². The number of carbonyl (C=O) groups is 3. The van der Waals surface area contributed by atoms with Gasteiger partial charge in [0.05, 0.1) is 0 Å². The molecule has 0 aliphatic carbocycles. The molecule has 0 aromatic carbocycles. The third kappa shape index (κ3) is 1.55. The Morgan fingerprint density at radius 2 is 1.94 bits per heavy atom. The fourth-order valence-electron chi connectivity index (χ4n) is 2.36. The van der Waals surface area contributed by atoms with Crippen LogP contribution in [-0.2, 0) is 14.4 Å². The van der Waals surface area contributed by atoms with Gasteiger partial charge in [0.1, 0.15) is 11.3 Å². The van der Waals surface area contributed by atoms with Crippen LogP contribution in [0.15, 0.2) is 0 Å². The molecule has 2 atom stereocenters. The standard InChI is InChI=1S/C11H16N2O3/c1-11(2)8(14)7(6-3-4-12-5-6)9(15)13-10(11)16/h6-7,12H,3-5H2,1-2H3,(H,13,15,16). The molecule has 2 saturated heterocycles. The summed E-state index contributed by atoms with van der Waals surface area (Å²) in [5, 5.41) is 5.43. The second-order valence-corrected chi connectivity index (χ2v) is 5.04. The Balaban J connectivity index is 2.27. The maximum absolute atomic E-state index is 12.1. The Kier molecular flexibility index (Phi) is 2.58. The summed E-state index contributed by atoms with van der Waals surface area (Å²) in [6.45, 7) is 4.66. The minimum Gasteiger partial charge on any atom is -0.316 e. The fraction of sp³-hybridized carbons (Fsp3) is 0.727. The molecule has 2 heterocycles. The summed E-state index contributed by atoms with van der Waals surface area (Å²) in [6, 6.07) is 0. The van der Waals surface area contributed by atoms with Gasteiger partial charge in [-0.1, -0.05) is 0 Å². The van der Waals surface area contributed by atoms with Crippen molar-refractivity contribution < 1.29 is 14.4 Å². The van der Waals surface area contributed by atoms with E-state index in [1.165, 1.54) is 0 Å². The van der Waals surface area contributed by atoms with Gasteiger partial charge in [-0.2, -0.15) is 0 Å². The molecule has 2 N–H and O–H groups in total. The van der Waals surface area contributed by atoms with E-state index in [0.29, 0.717) is 6.54 Å². The van der Waals surface area contributed by atoms with E-state index in [-0.39, 0.29) is 11.7 Å². The summed E-state index contributed by atoms with van der Waals surface area (Å²) in [5.74, 6) is -1.79. The molecular formula is C11H16N2O3. The lowest BCUT2D eigenvalue weighted by molar-refractivity contribution is -0.154. The van der Waals surface area contributed by atoms with Crippen molar-refractivity contribution in [3.05, 3.63) is 0 Å². The molecule has 2 aliphatic heterocycles. The van der Waals surface area contributed by atoms with Gasteiger partial charge in [0.2, 0.25) is 11.8 Å². The Morgan fingerprint density at radius 1 is 1.25 bits per heavy atom. The van der Waals surface area contributed by atoms with Crippen LogP contribution in [0, 0.1) is 17.3 Å². The van der Waals surface area contributed by atoms with E-state index in [4.69, 9.17) is 0 Å². The lowest BCUT2D eigenvalue weighted by Crippen LogP contribution is -2.58. The van der Waals surface area contributed by atoms with Crippen molar-refractivity contribution in [2.45, 2.75) is 20.3 Å². The summed E-state index contributed by atoms with van der Waals surface area (Å²) in [5.41, 5.74) is -1.08. The number of Topliss-reactive ketones (excluding diaryl/α,β-unsaturated/α-hetero) is 1. The fourth-order valence-corrected chi connectivity index (χ4v) is 2.36. The van der Waals surface area contributed by atoms with Crippen molar-refractivity contribution in [3.8, 4) is 0 Å². The highest BCUT2D eigenvalue weighted by atomic mass is 16.2. The van der Waals surface area contributed by atoms with Gasteiger partial charge < -0.3 is 5.32 Å². The van der Waals surface area contributed by atoms with Gasteiger partial charge in [0, 0.05) is 0 Å². The molecule has 2 aliphatic rings. The number of imide groups is 1. The monoisotopic (exact) mass is 224 g/mol. The van der Waals surface area contributed by atoms with Crippen molar-refractivity contribution >= 4 is 17.6 Å². The Hall–Kier alpha value is -1.23. The highest BCUT2D eigenvalue weighted by Gasteiger charge is 2.51. The summed E-state index contributed by atoms with van der Waals surface area (Å²) >= 11 is 0. The quantitative estimate of drug-likeness (QED) is 0.463. The molecule has 2 rings (SSSR count). The molecule has 2 fully saturated rings. The zero-order valence-electron chi connectivity index (χ0n) is 9.50. The van der Waals surface area contributed by atoms with Crippen LogP contribution in [0.1, 0.15) is 20.3 Å². The van der Waals surface area contributed by atoms with Gasteiger partial charge in [-0.25, -0.2) is 0 Å². The van der Waals surface area contributed by atoms with Gasteiger partial charge in [0.15, 0.2) is 5.78 Å². The van der Waals surface area contributed by atoms with Crippen LogP contribution < -0.4 is 10.6 Å². The molecule has 88 valence electrons. The molecule has 5 nitrogen and oxygen atoms in total. The third-order valence-electron chi connectivity index (χ3n) is 3.56. The second kappa shape index (κ2) is 3.66. The SMILES string of the molecule is CC1(C)C(=O)NC(=O)C(C2CCNC2)C1=O. The molecule has 0 aromatic rings. The van der Waals surface area contributed by atoms with Crippen LogP contribution in [0.4, 0.5) is 0 Å². The first-order valence-electron chi connectivity index (χ1n) is 5.55. The highest BCUT2D eigenvalue weighted by molar-refractivity contribution is 6.22. The predicted molar refractivity (Wildman–Crippen MR) is 56.4 cm³/mol. The molecule has 0 aromatic heterocycles. The van der Waals surface area contributed by atoms with E-state index >= 15 is 0 Å². The Morgan fingerprint density at radius 3 is 2.50 bits per heavy atom. The first kappa shape index (κ1) is 11.3. The molecule has 2 unspecified atom stereocenters. The zero-order chi connectivity index (χ0) is 11.9. The molecule has 0 bridgehead atoms. The molecule has 0 radical (unpaired) electrons. The normalized spacial score (nSPS) is 34.0. The summed E-state index contributed by atoms with van der Waals surface area (Å²) in [6.07, 6.45) is 0.814. The molecule has 2 amide bonds. The van der Waals surface area contributed by atoms with Crippen molar-refractivity contribution in [2.75, 3.05) is 13.1 Å². The van der Waals surface area contributed by atoms with Gasteiger partial charge in [0.25, 0.3) is 0 Å². The van der Waals surface area contributed by atoms with E-state index in [1.54, 1.807) is 13.8 Å². The van der Waals surface area contributed by atoms with Crippen LogP contribution in [0.3, 0.4) is 0 Å². The van der Waals surface area contributed by atoms with E-state index in [0.717, 1.165) is 13.0 Å². The zero-order valence-corrected chi connectivity index (χ0v) is 9.50. The number of rotatable bonds is 1. The largest absolute Gasteiger partial charge is 0.316 e. The lowest BCUT2D eigenvalue weighted by atomic mass is 9.72. The number of ketones is 1. The number of amides is 2. The number of hydrogen-bond donors (Lipinski definition) is 2. The van der Waals surface area contributed by atoms with Gasteiger partial charge in [-0.05, 0) is 39.3 Å². The average Bonchev–Trinajstić information content (AvgIpc) is 2.69. The first-order valence-corrected chi connectivity index (χ1v) is 5.55. The van der Waals surface area contributed by atoms with Crippen LogP contribution in [0.25, 0.3) is 0 Å². The summed E-state index contributed by atoms with van der Waals surface area (Å²) in [4.78, 5) is 35.4. The number of hydrogen-bond acceptors (Lipinski definition) is 4. The van der Waals surface area contributed by atoms with E-state index in [9.17, 15) is 14.4 Å². The predicted octanol–water partition coefficient (Wildman–Crippen LogP) is -0.536. The highest BCUT2D eigenvalue weighted by Crippen LogP contribution is 2.32. The van der Waals surface area contributed by atoms with Crippen LogP contribution in [0.2, 0.25) is 0 Å². The number of piperidine rings is 1. The Labute approximate surface area is 94.0 Å². The maximum atomic E-state index is 12.1. The molecular weight excluding hydrogens is 208 g/mol. The average molecular weight is 224 g/mol. The van der Waals surface area contributed by atoms with Crippen LogP contribution in [-0.4, -0.2) is 30.7 Å². The van der Waals surface area contributed by atoms with Crippen LogP contribution >= 0.6 is 0 Å². The van der Waals surface area contributed by atoms with Crippen molar-refractivity contribution in [3.63, 3.8) is 0 Å².